The van der Waals surface area contributed by atoms with Crippen molar-refractivity contribution in [1.29, 1.82) is 0 Å². The lowest BCUT2D eigenvalue weighted by Gasteiger charge is -2.10. The number of rotatable bonds is 11. The van der Waals surface area contributed by atoms with E-state index in [4.69, 9.17) is 16.3 Å². The first-order chi connectivity index (χ1) is 13.6. The first-order valence-electron chi connectivity index (χ1n) is 9.41. The summed E-state index contributed by atoms with van der Waals surface area (Å²) in [5, 5.41) is 3.29. The van der Waals surface area contributed by atoms with Crippen LogP contribution in [0.2, 0.25) is 5.02 Å². The van der Waals surface area contributed by atoms with Crippen LogP contribution >= 0.6 is 11.6 Å². The Bertz CT molecular complexity index is 764. The average molecular weight is 404 g/mol. The lowest BCUT2D eigenvalue weighted by atomic mass is 10.1. The number of benzene rings is 2. The van der Waals surface area contributed by atoms with Crippen molar-refractivity contribution in [2.24, 2.45) is 0 Å². The van der Waals surface area contributed by atoms with Gasteiger partial charge in [-0.15, -0.1) is 0 Å². The van der Waals surface area contributed by atoms with Gasteiger partial charge in [-0.2, -0.15) is 0 Å². The molecule has 0 spiro atoms. The van der Waals surface area contributed by atoms with Crippen LogP contribution in [-0.2, 0) is 14.3 Å². The third-order valence-corrected chi connectivity index (χ3v) is 4.55. The maximum absolute atomic E-state index is 11.9. The van der Waals surface area contributed by atoms with E-state index in [1.807, 2.05) is 42.5 Å². The summed E-state index contributed by atoms with van der Waals surface area (Å²) in [4.78, 5) is 22.9. The molecule has 0 aliphatic rings. The summed E-state index contributed by atoms with van der Waals surface area (Å²) in [5.41, 5.74) is 2.06. The molecule has 0 aliphatic carbocycles. The number of esters is 1. The number of unbranched alkanes of at least 4 members (excludes halogenated alkanes) is 3. The fraction of sp³-hybridized carbons (Fsp3) is 0.364. The van der Waals surface area contributed by atoms with Gasteiger partial charge in [0.05, 0.1) is 12.1 Å². The van der Waals surface area contributed by atoms with Crippen molar-refractivity contribution in [2.75, 3.05) is 20.3 Å². The molecule has 2 aromatic carbocycles. The highest BCUT2D eigenvalue weighted by molar-refractivity contribution is 6.32. The molecule has 0 heterocycles. The summed E-state index contributed by atoms with van der Waals surface area (Å²) in [6.45, 7) is 0.508. The molecule has 1 amide bonds. The molecule has 0 unspecified atom stereocenters. The zero-order valence-electron chi connectivity index (χ0n) is 16.1. The highest BCUT2D eigenvalue weighted by Crippen LogP contribution is 2.30. The van der Waals surface area contributed by atoms with E-state index in [-0.39, 0.29) is 18.5 Å². The molecular weight excluding hydrogens is 378 g/mol. The van der Waals surface area contributed by atoms with Crippen LogP contribution in [0.25, 0.3) is 11.1 Å². The van der Waals surface area contributed by atoms with Crippen LogP contribution < -0.4 is 10.1 Å². The number of ether oxygens (including phenoxy) is 2. The predicted molar refractivity (Wildman–Crippen MR) is 110 cm³/mol. The van der Waals surface area contributed by atoms with Crippen LogP contribution in [0.4, 0.5) is 0 Å². The Morgan fingerprint density at radius 3 is 2.43 bits per heavy atom. The van der Waals surface area contributed by atoms with Crippen molar-refractivity contribution < 1.29 is 19.1 Å². The molecule has 0 radical (unpaired) electrons. The third-order valence-electron chi connectivity index (χ3n) is 4.26. The van der Waals surface area contributed by atoms with Gasteiger partial charge in [0.1, 0.15) is 5.75 Å². The molecule has 0 saturated heterocycles. The number of hydrogen-bond donors (Lipinski definition) is 1. The SMILES string of the molecule is COC(=O)CCCCCCNC(=O)COc1ccc(-c2ccccc2)cc1Cl. The zero-order valence-corrected chi connectivity index (χ0v) is 16.8. The Kier molecular flexibility index (Phi) is 9.35. The van der Waals surface area contributed by atoms with Crippen LogP contribution in [0, 0.1) is 0 Å². The van der Waals surface area contributed by atoms with E-state index in [0.29, 0.717) is 23.7 Å². The van der Waals surface area contributed by atoms with Gasteiger partial charge in [0, 0.05) is 13.0 Å². The second kappa shape index (κ2) is 12.0. The minimum atomic E-state index is -0.183. The lowest BCUT2D eigenvalue weighted by molar-refractivity contribution is -0.140. The van der Waals surface area contributed by atoms with E-state index in [0.717, 1.165) is 36.8 Å². The zero-order chi connectivity index (χ0) is 20.2. The number of nitrogens with one attached hydrogen (secondary N) is 1. The largest absolute Gasteiger partial charge is 0.482 e. The smallest absolute Gasteiger partial charge is 0.305 e. The summed E-state index contributed by atoms with van der Waals surface area (Å²) in [7, 11) is 1.39. The molecule has 0 atom stereocenters. The normalized spacial score (nSPS) is 10.4. The molecule has 2 aromatic rings. The molecule has 6 heteroatoms. The maximum Gasteiger partial charge on any atom is 0.305 e. The fourth-order valence-corrected chi connectivity index (χ4v) is 2.94. The molecule has 0 bridgehead atoms. The van der Waals surface area contributed by atoms with E-state index >= 15 is 0 Å². The van der Waals surface area contributed by atoms with E-state index in [9.17, 15) is 9.59 Å². The van der Waals surface area contributed by atoms with E-state index in [1.165, 1.54) is 7.11 Å². The van der Waals surface area contributed by atoms with Gasteiger partial charge in [-0.25, -0.2) is 0 Å². The Morgan fingerprint density at radius 2 is 1.71 bits per heavy atom. The van der Waals surface area contributed by atoms with Gasteiger partial charge >= 0.3 is 5.97 Å². The topological polar surface area (TPSA) is 64.6 Å². The van der Waals surface area contributed by atoms with Crippen LogP contribution in [0.5, 0.6) is 5.75 Å². The Balaban J connectivity index is 1.65. The van der Waals surface area contributed by atoms with Crippen LogP contribution in [0.1, 0.15) is 32.1 Å². The maximum atomic E-state index is 11.9. The summed E-state index contributed by atoms with van der Waals surface area (Å²) in [6.07, 6.45) is 4.00. The predicted octanol–water partition coefficient (Wildman–Crippen LogP) is 4.63. The molecule has 5 nitrogen and oxygen atoms in total. The van der Waals surface area contributed by atoms with Crippen molar-refractivity contribution in [3.05, 3.63) is 53.6 Å². The first kappa shape index (κ1) is 21.8. The van der Waals surface area contributed by atoms with Crippen LogP contribution in [0.3, 0.4) is 0 Å². The molecule has 2 rings (SSSR count). The van der Waals surface area contributed by atoms with E-state index in [1.54, 1.807) is 6.07 Å². The molecule has 0 aliphatic heterocycles. The Morgan fingerprint density at radius 1 is 0.964 bits per heavy atom. The second-order valence-electron chi connectivity index (χ2n) is 6.39. The van der Waals surface area contributed by atoms with Gasteiger partial charge in [-0.05, 0) is 36.1 Å². The lowest BCUT2D eigenvalue weighted by Crippen LogP contribution is -2.29. The van der Waals surface area contributed by atoms with Crippen LogP contribution in [-0.4, -0.2) is 32.1 Å². The van der Waals surface area contributed by atoms with E-state index in [2.05, 4.69) is 10.1 Å². The van der Waals surface area contributed by atoms with Crippen molar-refractivity contribution in [3.63, 3.8) is 0 Å². The minimum absolute atomic E-state index is 0.0766. The number of amides is 1. The number of carbonyl (C=O) groups is 2. The average Bonchev–Trinajstić information content (AvgIpc) is 2.72. The number of hydrogen-bond acceptors (Lipinski definition) is 4. The van der Waals surface area contributed by atoms with Crippen molar-refractivity contribution in [1.82, 2.24) is 5.32 Å². The van der Waals surface area contributed by atoms with Crippen LogP contribution in [0.15, 0.2) is 48.5 Å². The number of methoxy groups -OCH3 is 1. The molecule has 0 aromatic heterocycles. The van der Waals surface area contributed by atoms with Gasteiger partial charge < -0.3 is 14.8 Å². The highest BCUT2D eigenvalue weighted by Gasteiger charge is 2.07. The van der Waals surface area contributed by atoms with Gasteiger partial charge in [0.15, 0.2) is 6.61 Å². The fourth-order valence-electron chi connectivity index (χ4n) is 2.70. The summed E-state index contributed by atoms with van der Waals surface area (Å²) < 4.78 is 10.1. The van der Waals surface area contributed by atoms with Gasteiger partial charge in [-0.1, -0.05) is 60.8 Å². The molecule has 28 heavy (non-hydrogen) atoms. The van der Waals surface area contributed by atoms with Gasteiger partial charge in [0.25, 0.3) is 5.91 Å². The molecule has 150 valence electrons. The quantitative estimate of drug-likeness (QED) is 0.439. The van der Waals surface area contributed by atoms with Crippen molar-refractivity contribution >= 4 is 23.5 Å². The number of carbonyl (C=O) groups excluding carboxylic acids is 2. The minimum Gasteiger partial charge on any atom is -0.482 e. The molecule has 1 N–H and O–H groups in total. The Hall–Kier alpha value is -2.53. The molecule has 0 saturated carbocycles. The highest BCUT2D eigenvalue weighted by atomic mass is 35.5. The summed E-state index contributed by atoms with van der Waals surface area (Å²) in [5.74, 6) is 0.123. The van der Waals surface area contributed by atoms with Gasteiger partial charge in [0.2, 0.25) is 0 Å². The van der Waals surface area contributed by atoms with E-state index < -0.39 is 0 Å². The van der Waals surface area contributed by atoms with Crippen molar-refractivity contribution in [2.45, 2.75) is 32.1 Å². The van der Waals surface area contributed by atoms with Crippen molar-refractivity contribution in [3.8, 4) is 16.9 Å². The standard InChI is InChI=1S/C22H26ClNO4/c1-27-22(26)11-7-2-3-8-14-24-21(25)16-28-20-13-12-18(15-19(20)23)17-9-5-4-6-10-17/h4-6,9-10,12-13,15H,2-3,7-8,11,14,16H2,1H3,(H,24,25). The summed E-state index contributed by atoms with van der Waals surface area (Å²) >= 11 is 6.28. The second-order valence-corrected chi connectivity index (χ2v) is 6.80. The Labute approximate surface area is 171 Å². The molecule has 0 fully saturated rings. The molecular formula is C22H26ClNO4. The summed E-state index contributed by atoms with van der Waals surface area (Å²) in [6, 6.07) is 15.4. The number of halogens is 1. The first-order valence-corrected chi connectivity index (χ1v) is 9.79. The monoisotopic (exact) mass is 403 g/mol. The van der Waals surface area contributed by atoms with Gasteiger partial charge in [-0.3, -0.25) is 9.59 Å². The third kappa shape index (κ3) is 7.61.